The van der Waals surface area contributed by atoms with E-state index in [1.807, 2.05) is 6.92 Å². The average Bonchev–Trinajstić information content (AvgIpc) is 2.77. The van der Waals surface area contributed by atoms with E-state index in [9.17, 15) is 0 Å². The Morgan fingerprint density at radius 3 is 2.50 bits per heavy atom. The molecule has 6 heteroatoms. The van der Waals surface area contributed by atoms with Crippen LogP contribution >= 0.6 is 24.0 Å². The van der Waals surface area contributed by atoms with Crippen molar-refractivity contribution in [1.29, 1.82) is 0 Å². The van der Waals surface area contributed by atoms with Crippen molar-refractivity contribution in [1.82, 2.24) is 10.6 Å². The second-order valence-corrected chi connectivity index (χ2v) is 5.92. The molecule has 5 nitrogen and oxygen atoms in total. The molecule has 0 aliphatic heterocycles. The summed E-state index contributed by atoms with van der Waals surface area (Å²) in [6.45, 7) is 7.18. The number of ether oxygens (including phenoxy) is 1. The molecule has 132 valence electrons. The maximum Gasteiger partial charge on any atom is 0.191 e. The molecule has 0 spiro atoms. The van der Waals surface area contributed by atoms with Gasteiger partial charge in [0.2, 0.25) is 0 Å². The molecule has 0 aromatic rings. The first-order chi connectivity index (χ1) is 10.3. The number of nitrogens with zero attached hydrogens (tertiary/aromatic N) is 1. The molecular formula is C16H34IN3O2. The average molecular weight is 427 g/mol. The number of hydrogen-bond acceptors (Lipinski definition) is 3. The van der Waals surface area contributed by atoms with Crippen molar-refractivity contribution < 1.29 is 9.84 Å². The fourth-order valence-corrected chi connectivity index (χ4v) is 2.45. The third-order valence-electron chi connectivity index (χ3n) is 3.77. The number of rotatable bonds is 8. The molecule has 0 heterocycles. The standard InChI is InChI=1S/C16H33N3O2.HI/c1-3-17-16(19-12-14(2)13-20)18-10-11-21-15-8-6-4-5-7-9-15;/h14-15,20H,3-13H2,1-2H3,(H2,17,18,19);1H. The van der Waals surface area contributed by atoms with Gasteiger partial charge in [0.25, 0.3) is 0 Å². The quantitative estimate of drug-likeness (QED) is 0.183. The summed E-state index contributed by atoms with van der Waals surface area (Å²) in [6.07, 6.45) is 8.20. The van der Waals surface area contributed by atoms with Gasteiger partial charge in [-0.2, -0.15) is 0 Å². The van der Waals surface area contributed by atoms with Crippen LogP contribution in [-0.4, -0.2) is 50.0 Å². The molecule has 1 rings (SSSR count). The second kappa shape index (κ2) is 14.5. The summed E-state index contributed by atoms with van der Waals surface area (Å²) in [5.41, 5.74) is 0. The Kier molecular flexibility index (Phi) is 14.5. The van der Waals surface area contributed by atoms with Gasteiger partial charge < -0.3 is 20.5 Å². The Labute approximate surface area is 152 Å². The fourth-order valence-electron chi connectivity index (χ4n) is 2.45. The van der Waals surface area contributed by atoms with Crippen LogP contribution < -0.4 is 10.6 Å². The Morgan fingerprint density at radius 1 is 1.23 bits per heavy atom. The number of nitrogens with one attached hydrogen (secondary N) is 2. The minimum Gasteiger partial charge on any atom is -0.396 e. The molecule has 0 radical (unpaired) electrons. The van der Waals surface area contributed by atoms with Crippen molar-refractivity contribution in [3.05, 3.63) is 0 Å². The van der Waals surface area contributed by atoms with E-state index in [1.165, 1.54) is 38.5 Å². The molecular weight excluding hydrogens is 393 g/mol. The lowest BCUT2D eigenvalue weighted by atomic mass is 10.1. The van der Waals surface area contributed by atoms with Crippen LogP contribution in [0.4, 0.5) is 0 Å². The van der Waals surface area contributed by atoms with E-state index < -0.39 is 0 Å². The molecule has 1 aliphatic rings. The summed E-state index contributed by atoms with van der Waals surface area (Å²) in [5, 5.41) is 15.5. The van der Waals surface area contributed by atoms with Gasteiger partial charge in [-0.15, -0.1) is 24.0 Å². The largest absolute Gasteiger partial charge is 0.396 e. The lowest BCUT2D eigenvalue weighted by Crippen LogP contribution is -2.39. The maximum atomic E-state index is 9.03. The van der Waals surface area contributed by atoms with Gasteiger partial charge in [-0.25, -0.2) is 0 Å². The van der Waals surface area contributed by atoms with E-state index in [0.717, 1.165) is 25.7 Å². The van der Waals surface area contributed by atoms with E-state index >= 15 is 0 Å². The van der Waals surface area contributed by atoms with E-state index in [2.05, 4.69) is 22.5 Å². The van der Waals surface area contributed by atoms with Gasteiger partial charge in [0.05, 0.1) is 12.7 Å². The van der Waals surface area contributed by atoms with Crippen LogP contribution in [0.15, 0.2) is 4.99 Å². The van der Waals surface area contributed by atoms with Crippen LogP contribution in [-0.2, 0) is 4.74 Å². The summed E-state index contributed by atoms with van der Waals surface area (Å²) in [5.74, 6) is 1.00. The van der Waals surface area contributed by atoms with Gasteiger partial charge in [-0.1, -0.05) is 32.6 Å². The zero-order chi connectivity index (χ0) is 15.3. The summed E-state index contributed by atoms with van der Waals surface area (Å²) in [7, 11) is 0. The van der Waals surface area contributed by atoms with E-state index in [0.29, 0.717) is 12.6 Å². The van der Waals surface area contributed by atoms with Gasteiger partial charge in [0, 0.05) is 26.2 Å². The van der Waals surface area contributed by atoms with Crippen molar-refractivity contribution in [3.8, 4) is 0 Å². The highest BCUT2D eigenvalue weighted by Crippen LogP contribution is 2.19. The minimum atomic E-state index is 0. The van der Waals surface area contributed by atoms with Crippen molar-refractivity contribution in [3.63, 3.8) is 0 Å². The molecule has 1 fully saturated rings. The summed E-state index contributed by atoms with van der Waals surface area (Å²) in [4.78, 5) is 4.46. The smallest absolute Gasteiger partial charge is 0.191 e. The van der Waals surface area contributed by atoms with E-state index in [4.69, 9.17) is 9.84 Å². The Hall–Kier alpha value is -0.0800. The third-order valence-corrected chi connectivity index (χ3v) is 3.77. The molecule has 0 aromatic carbocycles. The van der Waals surface area contributed by atoms with Crippen LogP contribution in [0.25, 0.3) is 0 Å². The predicted octanol–water partition coefficient (Wildman–Crippen LogP) is 2.53. The van der Waals surface area contributed by atoms with Crippen LogP contribution in [0.1, 0.15) is 52.4 Å². The number of aliphatic hydroxyl groups is 1. The van der Waals surface area contributed by atoms with Gasteiger partial charge in [0.1, 0.15) is 0 Å². The number of aliphatic hydroxyl groups excluding tert-OH is 1. The monoisotopic (exact) mass is 427 g/mol. The molecule has 3 N–H and O–H groups in total. The SMILES string of the molecule is CCNC(=NCC(C)CO)NCCOC1CCCCCC1.I. The molecule has 1 aliphatic carbocycles. The van der Waals surface area contributed by atoms with Gasteiger partial charge >= 0.3 is 0 Å². The third kappa shape index (κ3) is 10.6. The van der Waals surface area contributed by atoms with Crippen molar-refractivity contribution in [2.45, 2.75) is 58.5 Å². The first-order valence-corrected chi connectivity index (χ1v) is 8.50. The zero-order valence-corrected chi connectivity index (χ0v) is 16.5. The topological polar surface area (TPSA) is 65.9 Å². The van der Waals surface area contributed by atoms with Gasteiger partial charge in [0.15, 0.2) is 5.96 Å². The zero-order valence-electron chi connectivity index (χ0n) is 14.1. The van der Waals surface area contributed by atoms with Crippen molar-refractivity contribution >= 4 is 29.9 Å². The van der Waals surface area contributed by atoms with Crippen LogP contribution in [0.2, 0.25) is 0 Å². The van der Waals surface area contributed by atoms with Crippen molar-refractivity contribution in [2.75, 3.05) is 32.8 Å². The molecule has 1 atom stereocenters. The summed E-state index contributed by atoms with van der Waals surface area (Å²) >= 11 is 0. The van der Waals surface area contributed by atoms with Gasteiger partial charge in [-0.3, -0.25) is 4.99 Å². The molecule has 0 saturated heterocycles. The van der Waals surface area contributed by atoms with Crippen LogP contribution in [0.3, 0.4) is 0 Å². The molecule has 0 aromatic heterocycles. The Balaban J connectivity index is 0.00000441. The predicted molar refractivity (Wildman–Crippen MR) is 103 cm³/mol. The summed E-state index contributed by atoms with van der Waals surface area (Å²) in [6, 6.07) is 0. The first kappa shape index (κ1) is 21.9. The Bertz CT molecular complexity index is 283. The van der Waals surface area contributed by atoms with Crippen LogP contribution in [0.5, 0.6) is 0 Å². The van der Waals surface area contributed by atoms with Gasteiger partial charge in [-0.05, 0) is 25.7 Å². The Morgan fingerprint density at radius 2 is 1.91 bits per heavy atom. The molecule has 22 heavy (non-hydrogen) atoms. The van der Waals surface area contributed by atoms with Crippen LogP contribution in [0, 0.1) is 5.92 Å². The highest BCUT2D eigenvalue weighted by Gasteiger charge is 2.12. The molecule has 0 bridgehead atoms. The highest BCUT2D eigenvalue weighted by molar-refractivity contribution is 14.0. The molecule has 1 unspecified atom stereocenters. The van der Waals surface area contributed by atoms with Crippen molar-refractivity contribution in [2.24, 2.45) is 10.9 Å². The lowest BCUT2D eigenvalue weighted by Gasteiger charge is -2.17. The highest BCUT2D eigenvalue weighted by atomic mass is 127. The maximum absolute atomic E-state index is 9.03. The minimum absolute atomic E-state index is 0. The second-order valence-electron chi connectivity index (χ2n) is 5.92. The lowest BCUT2D eigenvalue weighted by molar-refractivity contribution is 0.0468. The first-order valence-electron chi connectivity index (χ1n) is 8.50. The van der Waals surface area contributed by atoms with E-state index in [1.54, 1.807) is 0 Å². The molecule has 0 amide bonds. The van der Waals surface area contributed by atoms with E-state index in [-0.39, 0.29) is 36.5 Å². The summed E-state index contributed by atoms with van der Waals surface area (Å²) < 4.78 is 5.95. The normalized spacial score (nSPS) is 18.2. The fraction of sp³-hybridized carbons (Fsp3) is 0.938. The molecule has 1 saturated carbocycles. The number of hydrogen-bond donors (Lipinski definition) is 3. The number of guanidine groups is 1. The number of aliphatic imine (C=N–C) groups is 1. The number of halogens is 1.